The number of aromatic nitrogens is 2. The molecular formula is C10H18N4O. The van der Waals surface area contributed by atoms with Crippen molar-refractivity contribution in [2.45, 2.75) is 39.2 Å². The number of amides is 1. The summed E-state index contributed by atoms with van der Waals surface area (Å²) in [5, 5.41) is 9.16. The Kier molecular flexibility index (Phi) is 3.34. The van der Waals surface area contributed by atoms with Crippen LogP contribution < -0.4 is 11.1 Å². The van der Waals surface area contributed by atoms with Crippen molar-refractivity contribution < 1.29 is 4.79 Å². The third kappa shape index (κ3) is 2.97. The van der Waals surface area contributed by atoms with Crippen molar-refractivity contribution in [3.63, 3.8) is 0 Å². The van der Waals surface area contributed by atoms with E-state index < -0.39 is 0 Å². The number of H-pyrrole nitrogens is 1. The van der Waals surface area contributed by atoms with Gasteiger partial charge in [0.15, 0.2) is 0 Å². The van der Waals surface area contributed by atoms with Crippen LogP contribution in [0.15, 0.2) is 6.20 Å². The fourth-order valence-electron chi connectivity index (χ4n) is 1.54. The Morgan fingerprint density at radius 2 is 2.33 bits per heavy atom. The van der Waals surface area contributed by atoms with Gasteiger partial charge in [0, 0.05) is 5.54 Å². The van der Waals surface area contributed by atoms with E-state index in [4.69, 9.17) is 5.73 Å². The Bertz CT molecular complexity index is 343. The molecule has 1 aromatic rings. The summed E-state index contributed by atoms with van der Waals surface area (Å²) >= 11 is 0. The molecule has 0 aliphatic heterocycles. The molecule has 1 rings (SSSR count). The van der Waals surface area contributed by atoms with Crippen molar-refractivity contribution in [3.8, 4) is 0 Å². The summed E-state index contributed by atoms with van der Waals surface area (Å²) in [4.78, 5) is 11.8. The Labute approximate surface area is 89.4 Å². The molecule has 0 fully saturated rings. The molecule has 1 heterocycles. The van der Waals surface area contributed by atoms with Crippen LogP contribution >= 0.6 is 0 Å². The van der Waals surface area contributed by atoms with Gasteiger partial charge in [-0.3, -0.25) is 9.89 Å². The number of nitrogens with one attached hydrogen (secondary N) is 2. The number of rotatable bonds is 4. The van der Waals surface area contributed by atoms with E-state index in [-0.39, 0.29) is 11.4 Å². The van der Waals surface area contributed by atoms with Crippen molar-refractivity contribution in [1.82, 2.24) is 15.5 Å². The van der Waals surface area contributed by atoms with Gasteiger partial charge in [-0.2, -0.15) is 5.10 Å². The number of carbonyl (C=O) groups is 1. The minimum Gasteiger partial charge on any atom is -0.383 e. The Balaban J connectivity index is 2.68. The number of hydrogen-bond acceptors (Lipinski definition) is 3. The molecule has 5 nitrogen and oxygen atoms in total. The molecule has 0 aromatic carbocycles. The third-order valence-electron chi connectivity index (χ3n) is 2.24. The molecular weight excluding hydrogens is 192 g/mol. The van der Waals surface area contributed by atoms with Crippen molar-refractivity contribution in [3.05, 3.63) is 11.8 Å². The van der Waals surface area contributed by atoms with E-state index in [2.05, 4.69) is 22.4 Å². The minimum absolute atomic E-state index is 0.181. The number of hydrogen-bond donors (Lipinski definition) is 3. The fourth-order valence-corrected chi connectivity index (χ4v) is 1.54. The normalized spacial score (nSPS) is 11.4. The Morgan fingerprint density at radius 3 is 2.80 bits per heavy atom. The summed E-state index contributed by atoms with van der Waals surface area (Å²) in [7, 11) is 0. The Morgan fingerprint density at radius 1 is 1.67 bits per heavy atom. The van der Waals surface area contributed by atoms with E-state index in [1.807, 2.05) is 13.8 Å². The van der Waals surface area contributed by atoms with E-state index in [1.165, 1.54) is 6.20 Å². The number of nitrogen functional groups attached to an aromatic ring is 1. The van der Waals surface area contributed by atoms with Crippen LogP contribution in [-0.2, 0) is 0 Å². The van der Waals surface area contributed by atoms with E-state index in [1.54, 1.807) is 0 Å². The second-order valence-corrected chi connectivity index (χ2v) is 4.29. The van der Waals surface area contributed by atoms with Gasteiger partial charge in [-0.1, -0.05) is 13.3 Å². The van der Waals surface area contributed by atoms with Crippen LogP contribution in [0.1, 0.15) is 44.0 Å². The molecule has 0 saturated heterocycles. The number of nitrogens with two attached hydrogens (primary N) is 1. The predicted molar refractivity (Wildman–Crippen MR) is 59.5 cm³/mol. The standard InChI is InChI=1S/C10H18N4O/c1-4-5-10(2,3)13-9(15)7-6-12-14-8(7)11/h6H,4-5H2,1-3H3,(H,13,15)(H3,11,12,14). The first-order chi connectivity index (χ1) is 6.96. The van der Waals surface area contributed by atoms with Crippen LogP contribution in [0.4, 0.5) is 5.82 Å². The average Bonchev–Trinajstić information content (AvgIpc) is 2.50. The van der Waals surface area contributed by atoms with Gasteiger partial charge in [0.2, 0.25) is 0 Å². The van der Waals surface area contributed by atoms with Gasteiger partial charge in [-0.15, -0.1) is 0 Å². The number of nitrogens with zero attached hydrogens (tertiary/aromatic N) is 1. The predicted octanol–water partition coefficient (Wildman–Crippen LogP) is 1.30. The SMILES string of the molecule is CCCC(C)(C)NC(=O)c1cn[nH]c1N. The van der Waals surface area contributed by atoms with Crippen molar-refractivity contribution in [2.75, 3.05) is 5.73 Å². The first-order valence-corrected chi connectivity index (χ1v) is 5.07. The second-order valence-electron chi connectivity index (χ2n) is 4.29. The molecule has 0 spiro atoms. The summed E-state index contributed by atoms with van der Waals surface area (Å²) < 4.78 is 0. The monoisotopic (exact) mass is 210 g/mol. The zero-order valence-electron chi connectivity index (χ0n) is 9.42. The summed E-state index contributed by atoms with van der Waals surface area (Å²) in [5.41, 5.74) is 5.74. The summed E-state index contributed by atoms with van der Waals surface area (Å²) in [5.74, 6) is 0.125. The quantitative estimate of drug-likeness (QED) is 0.700. The molecule has 0 radical (unpaired) electrons. The van der Waals surface area contributed by atoms with Crippen LogP contribution in [0.2, 0.25) is 0 Å². The number of aromatic amines is 1. The van der Waals surface area contributed by atoms with Gasteiger partial charge in [-0.25, -0.2) is 0 Å². The minimum atomic E-state index is -0.213. The van der Waals surface area contributed by atoms with Crippen LogP contribution in [0, 0.1) is 0 Å². The lowest BCUT2D eigenvalue weighted by atomic mass is 9.98. The molecule has 0 atom stereocenters. The van der Waals surface area contributed by atoms with Gasteiger partial charge in [-0.05, 0) is 20.3 Å². The average molecular weight is 210 g/mol. The van der Waals surface area contributed by atoms with E-state index >= 15 is 0 Å². The van der Waals surface area contributed by atoms with Gasteiger partial charge in [0.05, 0.1) is 6.20 Å². The maximum atomic E-state index is 11.8. The van der Waals surface area contributed by atoms with E-state index in [9.17, 15) is 4.79 Å². The van der Waals surface area contributed by atoms with Gasteiger partial charge < -0.3 is 11.1 Å². The third-order valence-corrected chi connectivity index (χ3v) is 2.24. The van der Waals surface area contributed by atoms with Gasteiger partial charge in [0.25, 0.3) is 5.91 Å². The fraction of sp³-hybridized carbons (Fsp3) is 0.600. The van der Waals surface area contributed by atoms with Crippen LogP contribution in [0.3, 0.4) is 0 Å². The zero-order valence-corrected chi connectivity index (χ0v) is 9.42. The first-order valence-electron chi connectivity index (χ1n) is 5.07. The topological polar surface area (TPSA) is 83.8 Å². The van der Waals surface area contributed by atoms with Gasteiger partial charge in [0.1, 0.15) is 11.4 Å². The van der Waals surface area contributed by atoms with Crippen LogP contribution in [0.5, 0.6) is 0 Å². The summed E-state index contributed by atoms with van der Waals surface area (Å²) in [6, 6.07) is 0. The first kappa shape index (κ1) is 11.6. The van der Waals surface area contributed by atoms with Crippen LogP contribution in [0.25, 0.3) is 0 Å². The van der Waals surface area contributed by atoms with E-state index in [0.717, 1.165) is 12.8 Å². The highest BCUT2D eigenvalue weighted by atomic mass is 16.1. The summed E-state index contributed by atoms with van der Waals surface area (Å²) in [6.07, 6.45) is 3.39. The molecule has 0 bridgehead atoms. The Hall–Kier alpha value is -1.52. The molecule has 0 aliphatic rings. The summed E-state index contributed by atoms with van der Waals surface area (Å²) in [6.45, 7) is 6.06. The lowest BCUT2D eigenvalue weighted by Crippen LogP contribution is -2.43. The van der Waals surface area contributed by atoms with E-state index in [0.29, 0.717) is 11.4 Å². The maximum absolute atomic E-state index is 11.8. The van der Waals surface area contributed by atoms with Crippen LogP contribution in [-0.4, -0.2) is 21.6 Å². The highest BCUT2D eigenvalue weighted by Crippen LogP contribution is 2.13. The van der Waals surface area contributed by atoms with Crippen molar-refractivity contribution in [1.29, 1.82) is 0 Å². The smallest absolute Gasteiger partial charge is 0.257 e. The molecule has 5 heteroatoms. The molecule has 1 aromatic heterocycles. The molecule has 1 amide bonds. The van der Waals surface area contributed by atoms with Gasteiger partial charge >= 0.3 is 0 Å². The van der Waals surface area contributed by atoms with Crippen molar-refractivity contribution >= 4 is 11.7 Å². The molecule has 0 saturated carbocycles. The highest BCUT2D eigenvalue weighted by molar-refractivity contribution is 5.98. The van der Waals surface area contributed by atoms with Crippen molar-refractivity contribution in [2.24, 2.45) is 0 Å². The maximum Gasteiger partial charge on any atom is 0.257 e. The molecule has 4 N–H and O–H groups in total. The number of anilines is 1. The highest BCUT2D eigenvalue weighted by Gasteiger charge is 2.21. The lowest BCUT2D eigenvalue weighted by Gasteiger charge is -2.25. The molecule has 0 aliphatic carbocycles. The second kappa shape index (κ2) is 4.33. The molecule has 84 valence electrons. The number of carbonyl (C=O) groups excluding carboxylic acids is 1. The lowest BCUT2D eigenvalue weighted by molar-refractivity contribution is 0.0910. The molecule has 0 unspecified atom stereocenters. The zero-order chi connectivity index (χ0) is 11.5. The largest absolute Gasteiger partial charge is 0.383 e. The molecule has 15 heavy (non-hydrogen) atoms.